The van der Waals surface area contributed by atoms with Gasteiger partial charge in [-0.2, -0.15) is 0 Å². The third-order valence-electron chi connectivity index (χ3n) is 11.0. The Morgan fingerprint density at radius 2 is 0.639 bits per heavy atom. The average molecular weight is 853 g/mol. The number of carbonyl (C=O) groups excluding carboxylic acids is 3. The van der Waals surface area contributed by atoms with E-state index in [1.807, 2.05) is 0 Å². The number of allylic oxidation sites excluding steroid dienone is 10. The molecule has 6 heteroatoms. The third kappa shape index (κ3) is 48.0. The lowest BCUT2D eigenvalue weighted by atomic mass is 10.0. The van der Waals surface area contributed by atoms with Gasteiger partial charge in [-0.1, -0.05) is 210 Å². The van der Waals surface area contributed by atoms with Crippen LogP contribution in [0.4, 0.5) is 0 Å². The van der Waals surface area contributed by atoms with Gasteiger partial charge in [0.15, 0.2) is 6.10 Å². The molecule has 0 aromatic carbocycles. The second-order valence-electron chi connectivity index (χ2n) is 17.1. The molecule has 0 N–H and O–H groups in total. The molecule has 0 aliphatic carbocycles. The quantitative estimate of drug-likeness (QED) is 0.0263. The summed E-state index contributed by atoms with van der Waals surface area (Å²) in [5.74, 6) is -0.910. The molecule has 0 amide bonds. The molecular weight excluding hydrogens is 757 g/mol. The molecule has 61 heavy (non-hydrogen) atoms. The van der Waals surface area contributed by atoms with Gasteiger partial charge >= 0.3 is 17.9 Å². The van der Waals surface area contributed by atoms with E-state index in [9.17, 15) is 14.4 Å². The van der Waals surface area contributed by atoms with E-state index in [1.165, 1.54) is 96.3 Å². The molecule has 1 atom stereocenters. The molecule has 0 radical (unpaired) electrons. The van der Waals surface area contributed by atoms with Crippen molar-refractivity contribution in [3.8, 4) is 0 Å². The second kappa shape index (κ2) is 49.8. The van der Waals surface area contributed by atoms with E-state index in [0.717, 1.165) is 116 Å². The first-order valence-electron chi connectivity index (χ1n) is 25.8. The van der Waals surface area contributed by atoms with Crippen LogP contribution in [0.1, 0.15) is 252 Å². The maximum absolute atomic E-state index is 12.8. The van der Waals surface area contributed by atoms with Crippen LogP contribution in [0.15, 0.2) is 60.8 Å². The van der Waals surface area contributed by atoms with E-state index in [1.54, 1.807) is 0 Å². The summed E-state index contributed by atoms with van der Waals surface area (Å²) in [6.45, 7) is 6.48. The van der Waals surface area contributed by atoms with Crippen LogP contribution in [0.5, 0.6) is 0 Å². The van der Waals surface area contributed by atoms with Crippen molar-refractivity contribution in [1.82, 2.24) is 0 Å². The highest BCUT2D eigenvalue weighted by molar-refractivity contribution is 5.71. The molecule has 0 unspecified atom stereocenters. The Labute approximate surface area is 377 Å². The first kappa shape index (κ1) is 58.1. The summed E-state index contributed by atoms with van der Waals surface area (Å²) < 4.78 is 16.8. The molecule has 6 nitrogen and oxygen atoms in total. The van der Waals surface area contributed by atoms with Gasteiger partial charge in [-0.3, -0.25) is 14.4 Å². The summed E-state index contributed by atoms with van der Waals surface area (Å²) in [7, 11) is 0. The SMILES string of the molecule is CC/C=C\C/C=C\C/C=C\CCCCCCCC(=O)OC[C@H](COC(=O)CCCCCCC/C=C\C/C=C\CCCCC)OC(=O)CCCCCCCCCCCCCCC. The molecule has 0 aliphatic heterocycles. The summed E-state index contributed by atoms with van der Waals surface area (Å²) in [5, 5.41) is 0. The predicted molar refractivity (Wildman–Crippen MR) is 261 cm³/mol. The van der Waals surface area contributed by atoms with Crippen LogP contribution in [0.2, 0.25) is 0 Å². The Balaban J connectivity index is 4.41. The minimum Gasteiger partial charge on any atom is -0.462 e. The van der Waals surface area contributed by atoms with Crippen LogP contribution in [-0.2, 0) is 28.6 Å². The summed E-state index contributed by atoms with van der Waals surface area (Å²) in [4.78, 5) is 38.0. The van der Waals surface area contributed by atoms with Crippen LogP contribution in [-0.4, -0.2) is 37.2 Å². The molecule has 0 aromatic heterocycles. The fourth-order valence-corrected chi connectivity index (χ4v) is 7.13. The average Bonchev–Trinajstić information content (AvgIpc) is 3.26. The van der Waals surface area contributed by atoms with Crippen molar-refractivity contribution in [3.63, 3.8) is 0 Å². The smallest absolute Gasteiger partial charge is 0.306 e. The molecule has 0 heterocycles. The number of hydrogen-bond donors (Lipinski definition) is 0. The Hall–Kier alpha value is -2.89. The molecule has 0 aromatic rings. The van der Waals surface area contributed by atoms with Gasteiger partial charge in [-0.05, 0) is 83.5 Å². The fourth-order valence-electron chi connectivity index (χ4n) is 7.13. The summed E-state index contributed by atoms with van der Waals surface area (Å²) in [5.41, 5.74) is 0. The van der Waals surface area contributed by atoms with E-state index in [-0.39, 0.29) is 31.1 Å². The van der Waals surface area contributed by atoms with E-state index >= 15 is 0 Å². The molecule has 0 saturated heterocycles. The van der Waals surface area contributed by atoms with Crippen LogP contribution in [0.25, 0.3) is 0 Å². The zero-order chi connectivity index (χ0) is 44.4. The molecule has 0 bridgehead atoms. The van der Waals surface area contributed by atoms with E-state index in [0.29, 0.717) is 19.3 Å². The lowest BCUT2D eigenvalue weighted by Crippen LogP contribution is -2.30. The molecule has 352 valence electrons. The molecule has 0 rings (SSSR count). The topological polar surface area (TPSA) is 78.9 Å². The van der Waals surface area contributed by atoms with Crippen molar-refractivity contribution in [1.29, 1.82) is 0 Å². The van der Waals surface area contributed by atoms with E-state index in [2.05, 4.69) is 81.5 Å². The number of unbranched alkanes of at least 4 members (excludes halogenated alkanes) is 25. The molecule has 0 spiro atoms. The lowest BCUT2D eigenvalue weighted by molar-refractivity contribution is -0.167. The third-order valence-corrected chi connectivity index (χ3v) is 11.0. The van der Waals surface area contributed by atoms with Crippen molar-refractivity contribution in [3.05, 3.63) is 60.8 Å². The van der Waals surface area contributed by atoms with Crippen molar-refractivity contribution < 1.29 is 28.6 Å². The lowest BCUT2D eigenvalue weighted by Gasteiger charge is -2.18. The van der Waals surface area contributed by atoms with Crippen molar-refractivity contribution in [2.24, 2.45) is 0 Å². The van der Waals surface area contributed by atoms with Crippen LogP contribution < -0.4 is 0 Å². The standard InChI is InChI=1S/C55H96O6/c1-4-7-10-13-16-19-22-25-27-30-32-35-38-41-44-47-53(56)59-50-52(61-55(58)49-46-43-40-37-34-29-24-21-18-15-12-9-6-3)51-60-54(57)48-45-42-39-36-33-31-28-26-23-20-17-14-11-8-5-2/h7,10,16-17,19-20,25-28,52H,4-6,8-9,11-15,18,21-24,29-51H2,1-3H3/b10-7-,19-16-,20-17-,27-25-,28-26-/t52-/m1/s1. The highest BCUT2D eigenvalue weighted by Crippen LogP contribution is 2.15. The zero-order valence-corrected chi connectivity index (χ0v) is 40.2. The number of esters is 3. The Morgan fingerprint density at radius 3 is 1.03 bits per heavy atom. The molecule has 0 fully saturated rings. The summed E-state index contributed by atoms with van der Waals surface area (Å²) in [6, 6.07) is 0. The first-order chi connectivity index (χ1) is 30.0. The zero-order valence-electron chi connectivity index (χ0n) is 40.2. The highest BCUT2D eigenvalue weighted by Gasteiger charge is 2.19. The largest absolute Gasteiger partial charge is 0.462 e. The van der Waals surface area contributed by atoms with Crippen LogP contribution in [0, 0.1) is 0 Å². The number of carbonyl (C=O) groups is 3. The van der Waals surface area contributed by atoms with Gasteiger partial charge in [0.05, 0.1) is 0 Å². The van der Waals surface area contributed by atoms with Crippen molar-refractivity contribution >= 4 is 17.9 Å². The maximum atomic E-state index is 12.8. The number of rotatable bonds is 46. The van der Waals surface area contributed by atoms with Crippen LogP contribution >= 0.6 is 0 Å². The summed E-state index contributed by atoms with van der Waals surface area (Å²) >= 11 is 0. The predicted octanol–water partition coefficient (Wildman–Crippen LogP) is 16.9. The van der Waals surface area contributed by atoms with Gasteiger partial charge in [-0.15, -0.1) is 0 Å². The Bertz CT molecular complexity index is 1120. The second-order valence-corrected chi connectivity index (χ2v) is 17.1. The Kier molecular flexibility index (Phi) is 47.4. The van der Waals surface area contributed by atoms with Gasteiger partial charge in [-0.25, -0.2) is 0 Å². The van der Waals surface area contributed by atoms with Crippen molar-refractivity contribution in [2.45, 2.75) is 258 Å². The first-order valence-corrected chi connectivity index (χ1v) is 25.8. The summed E-state index contributed by atoms with van der Waals surface area (Å²) in [6.07, 6.45) is 60.5. The number of hydrogen-bond acceptors (Lipinski definition) is 6. The minimum absolute atomic E-state index is 0.0856. The van der Waals surface area contributed by atoms with Gasteiger partial charge < -0.3 is 14.2 Å². The van der Waals surface area contributed by atoms with Gasteiger partial charge in [0.2, 0.25) is 0 Å². The normalized spacial score (nSPS) is 12.5. The maximum Gasteiger partial charge on any atom is 0.306 e. The minimum atomic E-state index is -0.784. The number of ether oxygens (including phenoxy) is 3. The van der Waals surface area contributed by atoms with Gasteiger partial charge in [0.1, 0.15) is 13.2 Å². The monoisotopic (exact) mass is 853 g/mol. The van der Waals surface area contributed by atoms with Crippen LogP contribution in [0.3, 0.4) is 0 Å². The highest BCUT2D eigenvalue weighted by atomic mass is 16.6. The fraction of sp³-hybridized carbons (Fsp3) is 0.764. The van der Waals surface area contributed by atoms with Crippen molar-refractivity contribution in [2.75, 3.05) is 13.2 Å². The van der Waals surface area contributed by atoms with E-state index in [4.69, 9.17) is 14.2 Å². The molecule has 0 aliphatic rings. The molecule has 0 saturated carbocycles. The Morgan fingerprint density at radius 1 is 0.344 bits per heavy atom. The van der Waals surface area contributed by atoms with Gasteiger partial charge in [0.25, 0.3) is 0 Å². The van der Waals surface area contributed by atoms with Gasteiger partial charge in [0, 0.05) is 19.3 Å². The van der Waals surface area contributed by atoms with E-state index < -0.39 is 6.10 Å². The molecular formula is C55H96O6.